The standard InChI is InChI=1S/C17H19N5O7/c18-11(23)6-19-12-7-20-22(17(27)21-12)15-14(25)13(24)10(29-15)8-28-16(26)9-4-2-1-3-5-9/h1-5,7,10,13-15,24-25H,6,8H2,(H2,18,23)(H,19,21,27)/t10-,13-,14-,15-/m1/s1. The van der Waals surface area contributed by atoms with E-state index in [0.29, 0.717) is 5.56 Å². The summed E-state index contributed by atoms with van der Waals surface area (Å²) in [5, 5.41) is 26.7. The van der Waals surface area contributed by atoms with Crippen LogP contribution in [0.4, 0.5) is 5.82 Å². The van der Waals surface area contributed by atoms with Crippen molar-refractivity contribution in [3.05, 3.63) is 52.6 Å². The lowest BCUT2D eigenvalue weighted by atomic mass is 10.1. The summed E-state index contributed by atoms with van der Waals surface area (Å²) >= 11 is 0. The molecule has 0 spiro atoms. The normalized spacial score (nSPS) is 23.5. The quantitative estimate of drug-likeness (QED) is 0.377. The molecule has 1 amide bonds. The van der Waals surface area contributed by atoms with Crippen molar-refractivity contribution >= 4 is 17.7 Å². The van der Waals surface area contributed by atoms with Gasteiger partial charge in [-0.1, -0.05) is 18.2 Å². The van der Waals surface area contributed by atoms with Crippen LogP contribution in [-0.4, -0.2) is 68.3 Å². The predicted molar refractivity (Wildman–Crippen MR) is 96.6 cm³/mol. The molecule has 5 N–H and O–H groups in total. The number of rotatable bonds is 7. The molecular weight excluding hydrogens is 386 g/mol. The van der Waals surface area contributed by atoms with Crippen molar-refractivity contribution in [3.8, 4) is 0 Å². The number of aliphatic hydroxyl groups is 2. The Kier molecular flexibility index (Phi) is 6.16. The van der Waals surface area contributed by atoms with Crippen LogP contribution >= 0.6 is 0 Å². The van der Waals surface area contributed by atoms with Gasteiger partial charge in [-0.2, -0.15) is 14.8 Å². The zero-order valence-corrected chi connectivity index (χ0v) is 15.0. The highest BCUT2D eigenvalue weighted by Gasteiger charge is 2.45. The Bertz CT molecular complexity index is 935. The molecule has 29 heavy (non-hydrogen) atoms. The molecule has 2 heterocycles. The Hall–Kier alpha value is -3.35. The van der Waals surface area contributed by atoms with E-state index in [1.54, 1.807) is 30.3 Å². The van der Waals surface area contributed by atoms with E-state index in [9.17, 15) is 24.6 Å². The van der Waals surface area contributed by atoms with E-state index in [1.807, 2.05) is 0 Å². The molecule has 1 saturated heterocycles. The summed E-state index contributed by atoms with van der Waals surface area (Å²) in [6, 6.07) is 8.22. The number of aliphatic hydroxyl groups excluding tert-OH is 2. The Morgan fingerprint density at radius 3 is 2.62 bits per heavy atom. The summed E-state index contributed by atoms with van der Waals surface area (Å²) in [5.41, 5.74) is 4.42. The predicted octanol–water partition coefficient (Wildman–Crippen LogP) is -1.99. The monoisotopic (exact) mass is 405 g/mol. The molecule has 3 rings (SSSR count). The summed E-state index contributed by atoms with van der Waals surface area (Å²) < 4.78 is 11.3. The number of ether oxygens (including phenoxy) is 2. The van der Waals surface area contributed by atoms with Crippen molar-refractivity contribution in [2.45, 2.75) is 24.5 Å². The summed E-state index contributed by atoms with van der Waals surface area (Å²) in [7, 11) is 0. The van der Waals surface area contributed by atoms with Crippen LogP contribution in [0.15, 0.2) is 41.3 Å². The van der Waals surface area contributed by atoms with Crippen molar-refractivity contribution in [1.29, 1.82) is 0 Å². The summed E-state index contributed by atoms with van der Waals surface area (Å²) in [6.07, 6.45) is -4.22. The number of benzene rings is 1. The Balaban J connectivity index is 1.65. The van der Waals surface area contributed by atoms with Gasteiger partial charge in [0.25, 0.3) is 0 Å². The van der Waals surface area contributed by atoms with Gasteiger partial charge in [0.2, 0.25) is 5.91 Å². The number of aromatic nitrogens is 3. The molecule has 2 aromatic rings. The zero-order valence-electron chi connectivity index (χ0n) is 15.0. The number of amides is 1. The fraction of sp³-hybridized carbons (Fsp3) is 0.353. The molecule has 4 atom stereocenters. The minimum absolute atomic E-state index is 0.00595. The van der Waals surface area contributed by atoms with Crippen LogP contribution in [0.5, 0.6) is 0 Å². The average Bonchev–Trinajstić information content (AvgIpc) is 2.99. The molecule has 0 unspecified atom stereocenters. The van der Waals surface area contributed by atoms with Gasteiger partial charge in [-0.25, -0.2) is 9.59 Å². The first kappa shape index (κ1) is 20.4. The van der Waals surface area contributed by atoms with Gasteiger partial charge in [0.1, 0.15) is 24.9 Å². The highest BCUT2D eigenvalue weighted by Crippen LogP contribution is 2.28. The van der Waals surface area contributed by atoms with Gasteiger partial charge in [-0.3, -0.25) is 4.79 Å². The Morgan fingerprint density at radius 2 is 1.97 bits per heavy atom. The minimum atomic E-state index is -1.51. The molecule has 1 aromatic carbocycles. The molecule has 1 aromatic heterocycles. The number of nitrogens with two attached hydrogens (primary N) is 1. The molecule has 154 valence electrons. The first-order chi connectivity index (χ1) is 13.9. The van der Waals surface area contributed by atoms with Crippen molar-refractivity contribution in [2.75, 3.05) is 18.5 Å². The van der Waals surface area contributed by atoms with Gasteiger partial charge in [0.15, 0.2) is 12.0 Å². The molecule has 1 aliphatic heterocycles. The Morgan fingerprint density at radius 1 is 1.24 bits per heavy atom. The average molecular weight is 405 g/mol. The lowest BCUT2D eigenvalue weighted by Crippen LogP contribution is -2.37. The third-order valence-electron chi connectivity index (χ3n) is 4.13. The van der Waals surface area contributed by atoms with Crippen LogP contribution in [0.2, 0.25) is 0 Å². The van der Waals surface area contributed by atoms with Crippen molar-refractivity contribution in [2.24, 2.45) is 5.73 Å². The number of nitrogens with one attached hydrogen (secondary N) is 1. The van der Waals surface area contributed by atoms with Gasteiger partial charge in [0.05, 0.1) is 18.3 Å². The van der Waals surface area contributed by atoms with Crippen molar-refractivity contribution < 1.29 is 29.3 Å². The maximum atomic E-state index is 12.2. The number of hydrogen-bond donors (Lipinski definition) is 4. The first-order valence-corrected chi connectivity index (χ1v) is 8.58. The van der Waals surface area contributed by atoms with Crippen LogP contribution in [0.25, 0.3) is 0 Å². The molecule has 0 aliphatic carbocycles. The lowest BCUT2D eigenvalue weighted by Gasteiger charge is -2.16. The van der Waals surface area contributed by atoms with E-state index >= 15 is 0 Å². The molecule has 0 bridgehead atoms. The van der Waals surface area contributed by atoms with Gasteiger partial charge in [-0.05, 0) is 12.1 Å². The second-order valence-electron chi connectivity index (χ2n) is 6.20. The molecular formula is C17H19N5O7. The van der Waals surface area contributed by atoms with Crippen LogP contribution in [0.3, 0.4) is 0 Å². The zero-order chi connectivity index (χ0) is 21.0. The molecule has 1 fully saturated rings. The summed E-state index contributed by atoms with van der Waals surface area (Å²) in [4.78, 5) is 38.6. The number of esters is 1. The second-order valence-corrected chi connectivity index (χ2v) is 6.20. The largest absolute Gasteiger partial charge is 0.459 e. The van der Waals surface area contributed by atoms with Crippen molar-refractivity contribution in [1.82, 2.24) is 14.8 Å². The van der Waals surface area contributed by atoms with Crippen LogP contribution in [0.1, 0.15) is 16.6 Å². The van der Waals surface area contributed by atoms with Crippen LogP contribution in [-0.2, 0) is 14.3 Å². The molecule has 12 heteroatoms. The van der Waals surface area contributed by atoms with E-state index in [-0.39, 0.29) is 19.0 Å². The van der Waals surface area contributed by atoms with E-state index in [1.165, 1.54) is 0 Å². The number of carbonyl (C=O) groups is 2. The molecule has 12 nitrogen and oxygen atoms in total. The topological polar surface area (TPSA) is 179 Å². The van der Waals surface area contributed by atoms with Gasteiger partial charge >= 0.3 is 11.7 Å². The number of nitrogens with zero attached hydrogens (tertiary/aromatic N) is 3. The number of anilines is 1. The van der Waals surface area contributed by atoms with E-state index in [4.69, 9.17) is 15.2 Å². The SMILES string of the molecule is NC(=O)CNc1cnn([C@@H]2O[C@H](COC(=O)c3ccccc3)[C@@H](O)[C@H]2O)c(=O)n1. The maximum Gasteiger partial charge on any atom is 0.368 e. The highest BCUT2D eigenvalue weighted by atomic mass is 16.6. The maximum absolute atomic E-state index is 12.2. The highest BCUT2D eigenvalue weighted by molar-refractivity contribution is 5.89. The summed E-state index contributed by atoms with van der Waals surface area (Å²) in [5.74, 6) is -1.27. The van der Waals surface area contributed by atoms with Crippen LogP contribution in [0, 0.1) is 0 Å². The number of hydrogen-bond acceptors (Lipinski definition) is 10. The second kappa shape index (κ2) is 8.77. The lowest BCUT2D eigenvalue weighted by molar-refractivity contribution is -0.116. The number of carbonyl (C=O) groups excluding carboxylic acids is 2. The minimum Gasteiger partial charge on any atom is -0.459 e. The van der Waals surface area contributed by atoms with Crippen molar-refractivity contribution in [3.63, 3.8) is 0 Å². The summed E-state index contributed by atoms with van der Waals surface area (Å²) in [6.45, 7) is -0.586. The fourth-order valence-corrected chi connectivity index (χ4v) is 2.67. The van der Waals surface area contributed by atoms with Crippen LogP contribution < -0.4 is 16.7 Å². The fourth-order valence-electron chi connectivity index (χ4n) is 2.67. The van der Waals surface area contributed by atoms with E-state index < -0.39 is 42.1 Å². The first-order valence-electron chi connectivity index (χ1n) is 8.58. The third-order valence-corrected chi connectivity index (χ3v) is 4.13. The van der Waals surface area contributed by atoms with E-state index in [2.05, 4.69) is 15.4 Å². The molecule has 1 aliphatic rings. The Labute approximate surface area is 163 Å². The third kappa shape index (κ3) is 4.74. The number of primary amides is 1. The smallest absolute Gasteiger partial charge is 0.368 e. The van der Waals surface area contributed by atoms with Gasteiger partial charge in [0, 0.05) is 0 Å². The van der Waals surface area contributed by atoms with Gasteiger partial charge in [-0.15, -0.1) is 0 Å². The molecule has 0 saturated carbocycles. The van der Waals surface area contributed by atoms with Gasteiger partial charge < -0.3 is 30.7 Å². The molecule has 0 radical (unpaired) electrons. The van der Waals surface area contributed by atoms with E-state index in [0.717, 1.165) is 10.9 Å².